The quantitative estimate of drug-likeness (QED) is 0.279. The van der Waals surface area contributed by atoms with Gasteiger partial charge in [-0.25, -0.2) is 4.98 Å². The zero-order valence-electron chi connectivity index (χ0n) is 17.2. The number of hydrogen-bond acceptors (Lipinski definition) is 6. The Morgan fingerprint density at radius 1 is 1.16 bits per heavy atom. The average molecular weight is 452 g/mol. The molecule has 0 fully saturated rings. The number of anilines is 2. The van der Waals surface area contributed by atoms with Crippen LogP contribution >= 0.6 is 11.3 Å². The van der Waals surface area contributed by atoms with Crippen LogP contribution in [0.15, 0.2) is 47.4 Å². The van der Waals surface area contributed by atoms with E-state index in [4.69, 9.17) is 5.11 Å². The van der Waals surface area contributed by atoms with E-state index in [1.807, 2.05) is 6.07 Å². The molecule has 5 N–H and O–H groups in total. The smallest absolute Gasteiger partial charge is 0.322 e. The molecule has 32 heavy (non-hydrogen) atoms. The van der Waals surface area contributed by atoms with Crippen LogP contribution in [0.2, 0.25) is 0 Å². The van der Waals surface area contributed by atoms with Crippen LogP contribution in [0, 0.1) is 6.92 Å². The van der Waals surface area contributed by atoms with Crippen molar-refractivity contribution in [1.82, 2.24) is 15.0 Å². The average Bonchev–Trinajstić information content (AvgIpc) is 3.38. The monoisotopic (exact) mass is 451 g/mol. The summed E-state index contributed by atoms with van der Waals surface area (Å²) < 4.78 is 0. The molecule has 0 unspecified atom stereocenters. The second-order valence-corrected chi connectivity index (χ2v) is 8.41. The van der Waals surface area contributed by atoms with E-state index in [2.05, 4.69) is 25.6 Å². The molecule has 3 heterocycles. The fourth-order valence-electron chi connectivity index (χ4n) is 3.38. The normalized spacial score (nSPS) is 10.9. The van der Waals surface area contributed by atoms with E-state index in [0.717, 1.165) is 10.4 Å². The fraction of sp³-hybridized carbons (Fsp3) is 0.182. The van der Waals surface area contributed by atoms with Crippen LogP contribution in [0.1, 0.15) is 25.9 Å². The summed E-state index contributed by atoms with van der Waals surface area (Å²) >= 11 is 1.40. The molecule has 10 heteroatoms. The van der Waals surface area contributed by atoms with E-state index in [1.54, 1.807) is 43.5 Å². The molecule has 0 radical (unpaired) electrons. The highest BCUT2D eigenvalue weighted by Gasteiger charge is 2.13. The van der Waals surface area contributed by atoms with Gasteiger partial charge in [-0.05, 0) is 55.7 Å². The lowest BCUT2D eigenvalue weighted by molar-refractivity contribution is -0.134. The molecular formula is C22H21N5O4S. The summed E-state index contributed by atoms with van der Waals surface area (Å²) in [6.07, 6.45) is 3.14. The number of aliphatic carboxylic acids is 1. The maximum Gasteiger partial charge on any atom is 0.322 e. The number of carbonyl (C=O) groups is 2. The SMILES string of the molecule is Cc1nc2[nH]cc(CCc3ccc(C(=O)Nc4cccc(NCC(=O)O)c4)s3)c2c(=O)[nH]1. The van der Waals surface area contributed by atoms with Crippen LogP contribution in [-0.4, -0.2) is 38.5 Å². The van der Waals surface area contributed by atoms with Gasteiger partial charge in [0.2, 0.25) is 0 Å². The molecule has 0 aliphatic heterocycles. The van der Waals surface area contributed by atoms with Crippen molar-refractivity contribution in [3.8, 4) is 0 Å². The van der Waals surface area contributed by atoms with Gasteiger partial charge in [-0.3, -0.25) is 14.4 Å². The number of carbonyl (C=O) groups excluding carboxylic acids is 1. The van der Waals surface area contributed by atoms with Gasteiger partial charge >= 0.3 is 5.97 Å². The number of carboxylic acid groups (broad SMARTS) is 1. The van der Waals surface area contributed by atoms with E-state index in [1.165, 1.54) is 11.3 Å². The molecule has 3 aromatic heterocycles. The summed E-state index contributed by atoms with van der Waals surface area (Å²) in [5.74, 6) is -0.637. The van der Waals surface area contributed by atoms with Crippen molar-refractivity contribution in [3.05, 3.63) is 74.1 Å². The standard InChI is InChI=1S/C22H21N5O4S/c1-12-25-20-19(22(31)26-12)13(10-24-20)5-6-16-7-8-17(32-16)21(30)27-15-4-2-3-14(9-15)23-11-18(28)29/h2-4,7-10,23H,5-6,11H2,1H3,(H,27,30)(H,28,29)(H2,24,25,26,31). The third-order valence-electron chi connectivity index (χ3n) is 4.83. The minimum atomic E-state index is -0.964. The van der Waals surface area contributed by atoms with Crippen molar-refractivity contribution in [2.24, 2.45) is 0 Å². The highest BCUT2D eigenvalue weighted by molar-refractivity contribution is 7.14. The third kappa shape index (κ3) is 4.86. The Balaban J connectivity index is 1.40. The molecule has 4 rings (SSSR count). The summed E-state index contributed by atoms with van der Waals surface area (Å²) in [6, 6.07) is 10.6. The van der Waals surface area contributed by atoms with Gasteiger partial charge in [0.15, 0.2) is 0 Å². The number of benzene rings is 1. The first-order valence-corrected chi connectivity index (χ1v) is 10.7. The van der Waals surface area contributed by atoms with E-state index in [-0.39, 0.29) is 18.0 Å². The van der Waals surface area contributed by atoms with Crippen molar-refractivity contribution in [3.63, 3.8) is 0 Å². The zero-order valence-corrected chi connectivity index (χ0v) is 18.0. The number of aromatic amines is 2. The molecule has 0 aliphatic rings. The first-order valence-electron chi connectivity index (χ1n) is 9.92. The summed E-state index contributed by atoms with van der Waals surface area (Å²) in [7, 11) is 0. The largest absolute Gasteiger partial charge is 0.480 e. The molecule has 1 amide bonds. The third-order valence-corrected chi connectivity index (χ3v) is 5.98. The molecule has 164 valence electrons. The van der Waals surface area contributed by atoms with Gasteiger partial charge in [0, 0.05) is 22.4 Å². The maximum absolute atomic E-state index is 12.6. The number of aryl methyl sites for hydroxylation is 3. The number of carboxylic acids is 1. The fourth-order valence-corrected chi connectivity index (χ4v) is 4.29. The van der Waals surface area contributed by atoms with Crippen LogP contribution in [0.25, 0.3) is 11.0 Å². The lowest BCUT2D eigenvalue weighted by Crippen LogP contribution is -2.13. The van der Waals surface area contributed by atoms with Crippen molar-refractivity contribution in [2.75, 3.05) is 17.2 Å². The molecule has 0 spiro atoms. The van der Waals surface area contributed by atoms with Gasteiger partial charge in [0.1, 0.15) is 18.0 Å². The Morgan fingerprint density at radius 3 is 2.78 bits per heavy atom. The summed E-state index contributed by atoms with van der Waals surface area (Å²) in [6.45, 7) is 1.53. The van der Waals surface area contributed by atoms with Gasteiger partial charge in [0.25, 0.3) is 11.5 Å². The Hall–Kier alpha value is -3.92. The highest BCUT2D eigenvalue weighted by atomic mass is 32.1. The number of nitrogens with one attached hydrogen (secondary N) is 4. The van der Waals surface area contributed by atoms with Gasteiger partial charge in [-0.15, -0.1) is 11.3 Å². The minimum absolute atomic E-state index is 0.157. The second kappa shape index (κ2) is 9.06. The lowest BCUT2D eigenvalue weighted by atomic mass is 10.1. The zero-order chi connectivity index (χ0) is 22.7. The molecule has 0 saturated heterocycles. The molecule has 9 nitrogen and oxygen atoms in total. The van der Waals surface area contributed by atoms with Crippen molar-refractivity contribution >= 4 is 45.6 Å². The predicted octanol–water partition coefficient (Wildman–Crippen LogP) is 3.16. The predicted molar refractivity (Wildman–Crippen MR) is 124 cm³/mol. The molecule has 0 aliphatic carbocycles. The van der Waals surface area contributed by atoms with Gasteiger partial charge in [0.05, 0.1) is 10.3 Å². The van der Waals surface area contributed by atoms with Crippen LogP contribution in [0.3, 0.4) is 0 Å². The maximum atomic E-state index is 12.6. The van der Waals surface area contributed by atoms with Gasteiger partial charge < -0.3 is 25.7 Å². The number of amides is 1. The van der Waals surface area contributed by atoms with Crippen molar-refractivity contribution < 1.29 is 14.7 Å². The number of aromatic nitrogens is 3. The first kappa shape index (κ1) is 21.3. The van der Waals surface area contributed by atoms with E-state index < -0.39 is 5.97 Å². The summed E-state index contributed by atoms with van der Waals surface area (Å²) in [5.41, 5.74) is 2.48. The number of fused-ring (bicyclic) bond motifs is 1. The molecule has 0 atom stereocenters. The molecule has 0 bridgehead atoms. The number of hydrogen-bond donors (Lipinski definition) is 5. The molecule has 4 aromatic rings. The molecule has 1 aromatic carbocycles. The number of rotatable bonds is 8. The number of H-pyrrole nitrogens is 2. The number of nitrogens with zero attached hydrogens (tertiary/aromatic N) is 1. The minimum Gasteiger partial charge on any atom is -0.480 e. The molecular weight excluding hydrogens is 430 g/mol. The van der Waals surface area contributed by atoms with Crippen LogP contribution in [-0.2, 0) is 17.6 Å². The van der Waals surface area contributed by atoms with Gasteiger partial charge in [-0.1, -0.05) is 6.07 Å². The Labute approximate surface area is 186 Å². The summed E-state index contributed by atoms with van der Waals surface area (Å²) in [4.78, 5) is 47.2. The topological polar surface area (TPSA) is 140 Å². The van der Waals surface area contributed by atoms with Gasteiger partial charge in [-0.2, -0.15) is 0 Å². The van der Waals surface area contributed by atoms with Crippen LogP contribution in [0.5, 0.6) is 0 Å². The Bertz CT molecular complexity index is 1350. The second-order valence-electron chi connectivity index (χ2n) is 7.24. The molecule has 0 saturated carbocycles. The Morgan fingerprint density at radius 2 is 1.97 bits per heavy atom. The summed E-state index contributed by atoms with van der Waals surface area (Å²) in [5, 5.41) is 14.9. The first-order chi connectivity index (χ1) is 15.4. The number of thiophene rings is 1. The van der Waals surface area contributed by atoms with E-state index in [9.17, 15) is 14.4 Å². The van der Waals surface area contributed by atoms with Crippen LogP contribution in [0.4, 0.5) is 11.4 Å². The van der Waals surface area contributed by atoms with E-state index >= 15 is 0 Å². The highest BCUT2D eigenvalue weighted by Crippen LogP contribution is 2.22. The van der Waals surface area contributed by atoms with E-state index in [0.29, 0.717) is 46.0 Å². The lowest BCUT2D eigenvalue weighted by Gasteiger charge is -2.07. The van der Waals surface area contributed by atoms with Crippen molar-refractivity contribution in [1.29, 1.82) is 0 Å². The van der Waals surface area contributed by atoms with Crippen LogP contribution < -0.4 is 16.2 Å². The van der Waals surface area contributed by atoms with Crippen molar-refractivity contribution in [2.45, 2.75) is 19.8 Å². The Kier molecular flexibility index (Phi) is 6.04.